The first-order valence-electron chi connectivity index (χ1n) is 8.20. The third-order valence-corrected chi connectivity index (χ3v) is 4.34. The number of piperidine rings is 1. The largest absolute Gasteiger partial charge is 0.352 e. The lowest BCUT2D eigenvalue weighted by Crippen LogP contribution is -2.51. The smallest absolute Gasteiger partial charge is 0.317 e. The Morgan fingerprint density at radius 2 is 1.96 bits per heavy atom. The van der Waals surface area contributed by atoms with Crippen LogP contribution in [0.15, 0.2) is 22.9 Å². The van der Waals surface area contributed by atoms with Crippen molar-refractivity contribution in [3.8, 4) is 0 Å². The van der Waals surface area contributed by atoms with Crippen molar-refractivity contribution in [3.05, 3.63) is 28.5 Å². The molecule has 6 nitrogen and oxygen atoms in total. The molecule has 1 aromatic heterocycles. The maximum Gasteiger partial charge on any atom is 0.317 e. The maximum absolute atomic E-state index is 12.1. The molecule has 0 saturated carbocycles. The highest BCUT2D eigenvalue weighted by atomic mass is 79.9. The zero-order valence-corrected chi connectivity index (χ0v) is 16.0. The Kier molecular flexibility index (Phi) is 6.21. The fraction of sp³-hybridized carbons (Fsp3) is 0.588. The number of halogens is 1. The molecule has 2 rings (SSSR count). The van der Waals surface area contributed by atoms with E-state index < -0.39 is 0 Å². The first-order valence-corrected chi connectivity index (χ1v) is 9.00. The van der Waals surface area contributed by atoms with Crippen LogP contribution < -0.4 is 10.6 Å². The standard InChI is InChI=1S/C17H25BrN4O2/c1-17(2,3)21-16(24)22-6-4-12(5-7-22)9-20-15(23)13-8-14(18)11-19-10-13/h8,10-12H,4-7,9H2,1-3H3,(H,20,23)(H,21,24). The topological polar surface area (TPSA) is 74.3 Å². The number of pyridine rings is 1. The molecule has 0 unspecified atom stereocenters. The number of likely N-dealkylation sites (tertiary alicyclic amines) is 1. The highest BCUT2D eigenvalue weighted by Gasteiger charge is 2.25. The van der Waals surface area contributed by atoms with E-state index in [1.165, 1.54) is 0 Å². The Morgan fingerprint density at radius 1 is 1.29 bits per heavy atom. The first kappa shape index (κ1) is 18.7. The third-order valence-electron chi connectivity index (χ3n) is 3.90. The van der Waals surface area contributed by atoms with Crippen molar-refractivity contribution < 1.29 is 9.59 Å². The molecule has 0 spiro atoms. The molecule has 7 heteroatoms. The van der Waals surface area contributed by atoms with Crippen molar-refractivity contribution in [1.29, 1.82) is 0 Å². The SMILES string of the molecule is CC(C)(C)NC(=O)N1CCC(CNC(=O)c2cncc(Br)c2)CC1. The van der Waals surface area contributed by atoms with Gasteiger partial charge in [0.05, 0.1) is 5.56 Å². The lowest BCUT2D eigenvalue weighted by atomic mass is 9.97. The number of rotatable bonds is 3. The summed E-state index contributed by atoms with van der Waals surface area (Å²) < 4.78 is 0.785. The van der Waals surface area contributed by atoms with Crippen molar-refractivity contribution in [2.45, 2.75) is 39.2 Å². The number of amides is 3. The van der Waals surface area contributed by atoms with Crippen LogP contribution in [0, 0.1) is 5.92 Å². The molecule has 0 aromatic carbocycles. The average Bonchev–Trinajstić information content (AvgIpc) is 2.51. The van der Waals surface area contributed by atoms with Crippen LogP contribution in [0.4, 0.5) is 4.79 Å². The second kappa shape index (κ2) is 7.96. The second-order valence-corrected chi connectivity index (χ2v) is 8.13. The predicted octanol–water partition coefficient (Wildman–Crippen LogP) is 2.79. The Morgan fingerprint density at radius 3 is 2.54 bits per heavy atom. The van der Waals surface area contributed by atoms with Gasteiger partial charge in [0.1, 0.15) is 0 Å². The lowest BCUT2D eigenvalue weighted by molar-refractivity contribution is 0.0936. The maximum atomic E-state index is 12.1. The van der Waals surface area contributed by atoms with E-state index in [9.17, 15) is 9.59 Å². The Balaban J connectivity index is 1.75. The Hall–Kier alpha value is -1.63. The van der Waals surface area contributed by atoms with Crippen LogP contribution >= 0.6 is 15.9 Å². The Bertz CT molecular complexity index is 592. The summed E-state index contributed by atoms with van der Waals surface area (Å²) >= 11 is 3.31. The highest BCUT2D eigenvalue weighted by Crippen LogP contribution is 2.17. The lowest BCUT2D eigenvalue weighted by Gasteiger charge is -2.34. The van der Waals surface area contributed by atoms with Crippen LogP contribution in [0.1, 0.15) is 44.0 Å². The minimum Gasteiger partial charge on any atom is -0.352 e. The molecule has 2 N–H and O–H groups in total. The molecule has 0 atom stereocenters. The van der Waals surface area contributed by atoms with Crippen molar-refractivity contribution in [3.63, 3.8) is 0 Å². The minimum atomic E-state index is -0.222. The van der Waals surface area contributed by atoms with Gasteiger partial charge in [-0.2, -0.15) is 0 Å². The molecule has 0 bridgehead atoms. The van der Waals surface area contributed by atoms with E-state index >= 15 is 0 Å². The number of hydrogen-bond acceptors (Lipinski definition) is 3. The molecule has 2 heterocycles. The monoisotopic (exact) mass is 396 g/mol. The summed E-state index contributed by atoms with van der Waals surface area (Å²) in [6.07, 6.45) is 5.00. The van der Waals surface area contributed by atoms with Gasteiger partial charge in [-0.05, 0) is 61.5 Å². The molecular weight excluding hydrogens is 372 g/mol. The number of urea groups is 1. The summed E-state index contributed by atoms with van der Waals surface area (Å²) in [5.74, 6) is 0.282. The molecule has 1 aromatic rings. The summed E-state index contributed by atoms with van der Waals surface area (Å²) in [6.45, 7) is 8.00. The number of nitrogens with one attached hydrogen (secondary N) is 2. The van der Waals surface area contributed by atoms with E-state index in [1.54, 1.807) is 18.5 Å². The van der Waals surface area contributed by atoms with Crippen LogP contribution in [-0.2, 0) is 0 Å². The van der Waals surface area contributed by atoms with Gasteiger partial charge in [-0.1, -0.05) is 0 Å². The van der Waals surface area contributed by atoms with Crippen LogP contribution in [0.3, 0.4) is 0 Å². The zero-order valence-electron chi connectivity index (χ0n) is 14.4. The van der Waals surface area contributed by atoms with Gasteiger partial charge in [0, 0.05) is 42.0 Å². The fourth-order valence-corrected chi connectivity index (χ4v) is 2.98. The third kappa shape index (κ3) is 5.78. The van der Waals surface area contributed by atoms with E-state index in [4.69, 9.17) is 0 Å². The second-order valence-electron chi connectivity index (χ2n) is 7.21. The van der Waals surface area contributed by atoms with E-state index in [0.717, 1.165) is 30.4 Å². The summed E-state index contributed by atoms with van der Waals surface area (Å²) in [4.78, 5) is 30.1. The molecule has 3 amide bonds. The molecule has 1 aliphatic heterocycles. The summed E-state index contributed by atoms with van der Waals surface area (Å²) in [5.41, 5.74) is 0.325. The van der Waals surface area contributed by atoms with Gasteiger partial charge in [0.25, 0.3) is 5.91 Å². The van der Waals surface area contributed by atoms with E-state index in [1.807, 2.05) is 25.7 Å². The molecule has 1 saturated heterocycles. The zero-order chi connectivity index (χ0) is 17.7. The molecule has 0 radical (unpaired) electrons. The van der Waals surface area contributed by atoms with Crippen molar-refractivity contribution >= 4 is 27.9 Å². The van der Waals surface area contributed by atoms with E-state index in [2.05, 4.69) is 31.5 Å². The molecule has 1 fully saturated rings. The molecule has 1 aliphatic rings. The summed E-state index contributed by atoms with van der Waals surface area (Å²) in [7, 11) is 0. The van der Waals surface area contributed by atoms with Crippen LogP contribution in [-0.4, -0.2) is 47.0 Å². The molecular formula is C17H25BrN4O2. The number of carbonyl (C=O) groups is 2. The van der Waals surface area contributed by atoms with Gasteiger partial charge < -0.3 is 15.5 Å². The highest BCUT2D eigenvalue weighted by molar-refractivity contribution is 9.10. The fourth-order valence-electron chi connectivity index (χ4n) is 2.62. The average molecular weight is 397 g/mol. The predicted molar refractivity (Wildman–Crippen MR) is 96.9 cm³/mol. The summed E-state index contributed by atoms with van der Waals surface area (Å²) in [6, 6.07) is 1.74. The van der Waals surface area contributed by atoms with E-state index in [-0.39, 0.29) is 17.5 Å². The van der Waals surface area contributed by atoms with Crippen molar-refractivity contribution in [2.24, 2.45) is 5.92 Å². The number of hydrogen-bond donors (Lipinski definition) is 2. The van der Waals surface area contributed by atoms with E-state index in [0.29, 0.717) is 18.0 Å². The molecule has 24 heavy (non-hydrogen) atoms. The van der Waals surface area contributed by atoms with Crippen LogP contribution in [0.25, 0.3) is 0 Å². The number of nitrogens with zero attached hydrogens (tertiary/aromatic N) is 2. The van der Waals surface area contributed by atoms with Gasteiger partial charge in [-0.3, -0.25) is 9.78 Å². The van der Waals surface area contributed by atoms with Gasteiger partial charge in [-0.15, -0.1) is 0 Å². The molecule has 0 aliphatic carbocycles. The number of carbonyl (C=O) groups excluding carboxylic acids is 2. The van der Waals surface area contributed by atoms with Crippen LogP contribution in [0.2, 0.25) is 0 Å². The van der Waals surface area contributed by atoms with Gasteiger partial charge in [-0.25, -0.2) is 4.79 Å². The van der Waals surface area contributed by atoms with Gasteiger partial charge in [0.2, 0.25) is 0 Å². The van der Waals surface area contributed by atoms with Crippen LogP contribution in [0.5, 0.6) is 0 Å². The minimum absolute atomic E-state index is 0.00908. The van der Waals surface area contributed by atoms with Crippen molar-refractivity contribution in [1.82, 2.24) is 20.5 Å². The summed E-state index contributed by atoms with van der Waals surface area (Å²) in [5, 5.41) is 5.95. The Labute approximate surface area is 151 Å². The first-order chi connectivity index (χ1) is 11.2. The van der Waals surface area contributed by atoms with Crippen molar-refractivity contribution in [2.75, 3.05) is 19.6 Å². The van der Waals surface area contributed by atoms with Gasteiger partial charge in [0.15, 0.2) is 0 Å². The van der Waals surface area contributed by atoms with Gasteiger partial charge >= 0.3 is 6.03 Å². The number of aromatic nitrogens is 1. The normalized spacial score (nSPS) is 15.9. The molecule has 132 valence electrons. The quantitative estimate of drug-likeness (QED) is 0.824.